The Morgan fingerprint density at radius 3 is 2.00 bits per heavy atom. The Hall–Kier alpha value is -1.36. The maximum atomic E-state index is 12.9. The van der Waals surface area contributed by atoms with Crippen molar-refractivity contribution in [1.29, 1.82) is 0 Å². The molecule has 2 N–H and O–H groups in total. The van der Waals surface area contributed by atoms with E-state index in [4.69, 9.17) is 4.74 Å². The maximum Gasteiger partial charge on any atom is 0.310 e. The molecule has 4 saturated carbocycles. The van der Waals surface area contributed by atoms with Crippen LogP contribution in [0, 0.1) is 29.6 Å². The quantitative estimate of drug-likeness (QED) is 0.777. The predicted octanol–water partition coefficient (Wildman–Crippen LogP) is 1.73. The summed E-state index contributed by atoms with van der Waals surface area (Å²) in [6.07, 6.45) is 10.1. The van der Waals surface area contributed by atoms with Crippen LogP contribution in [0.3, 0.4) is 0 Å². The summed E-state index contributed by atoms with van der Waals surface area (Å²) in [5.41, 5.74) is -0.0690. The van der Waals surface area contributed by atoms with Crippen molar-refractivity contribution in [3.05, 3.63) is 12.2 Å². The second-order valence-electron chi connectivity index (χ2n) is 8.53. The van der Waals surface area contributed by atoms with Gasteiger partial charge in [-0.05, 0) is 56.3 Å². The first-order valence-corrected chi connectivity index (χ1v) is 8.92. The van der Waals surface area contributed by atoms with E-state index in [9.17, 15) is 14.7 Å². The van der Waals surface area contributed by atoms with E-state index in [1.54, 1.807) is 6.08 Å². The Morgan fingerprint density at radius 2 is 1.48 bits per heavy atom. The SMILES string of the molecule is O=C(O)[C@@H]1[C@@H](C(=O)NC23CC4CC(CC(C4)C2)C3)[C@H]2C=C[C@H]1O2. The zero-order valence-corrected chi connectivity index (χ0v) is 13.1. The molecule has 2 aliphatic heterocycles. The van der Waals surface area contributed by atoms with E-state index in [1.165, 1.54) is 19.3 Å². The molecule has 0 aromatic heterocycles. The van der Waals surface area contributed by atoms with Gasteiger partial charge in [0.1, 0.15) is 5.92 Å². The number of fused-ring (bicyclic) bond motifs is 2. The number of aliphatic carboxylic acids is 1. The lowest BCUT2D eigenvalue weighted by Crippen LogP contribution is -2.61. The van der Waals surface area contributed by atoms with E-state index < -0.39 is 23.9 Å². The average molecular weight is 317 g/mol. The summed E-state index contributed by atoms with van der Waals surface area (Å²) in [4.78, 5) is 24.5. The molecule has 6 aliphatic rings. The summed E-state index contributed by atoms with van der Waals surface area (Å²) in [5, 5.41) is 12.8. The van der Waals surface area contributed by atoms with Crippen molar-refractivity contribution in [3.8, 4) is 0 Å². The molecule has 1 saturated heterocycles. The highest BCUT2D eigenvalue weighted by molar-refractivity contribution is 5.87. The Balaban J connectivity index is 1.37. The number of nitrogens with one attached hydrogen (secondary N) is 1. The van der Waals surface area contributed by atoms with Crippen LogP contribution >= 0.6 is 0 Å². The van der Waals surface area contributed by atoms with Crippen LogP contribution in [0.1, 0.15) is 38.5 Å². The van der Waals surface area contributed by atoms with Crippen LogP contribution in [0.5, 0.6) is 0 Å². The van der Waals surface area contributed by atoms with Gasteiger partial charge in [-0.25, -0.2) is 0 Å². The van der Waals surface area contributed by atoms with Crippen LogP contribution in [0.2, 0.25) is 0 Å². The minimum Gasteiger partial charge on any atom is -0.481 e. The second-order valence-corrected chi connectivity index (χ2v) is 8.53. The van der Waals surface area contributed by atoms with E-state index in [0.29, 0.717) is 0 Å². The smallest absolute Gasteiger partial charge is 0.310 e. The van der Waals surface area contributed by atoms with Gasteiger partial charge < -0.3 is 15.2 Å². The fourth-order valence-corrected chi connectivity index (χ4v) is 6.52. The summed E-state index contributed by atoms with van der Waals surface area (Å²) >= 11 is 0. The third kappa shape index (κ3) is 2.02. The number of ether oxygens (including phenoxy) is 1. The van der Waals surface area contributed by atoms with Gasteiger partial charge in [0.15, 0.2) is 0 Å². The number of carboxylic acids is 1. The third-order valence-corrected chi connectivity index (χ3v) is 6.91. The van der Waals surface area contributed by atoms with Crippen LogP contribution in [-0.4, -0.2) is 34.7 Å². The van der Waals surface area contributed by atoms with E-state index in [2.05, 4.69) is 5.32 Å². The van der Waals surface area contributed by atoms with Crippen molar-refractivity contribution in [2.24, 2.45) is 29.6 Å². The minimum absolute atomic E-state index is 0.0690. The first-order chi connectivity index (χ1) is 11.0. The summed E-state index contributed by atoms with van der Waals surface area (Å²) in [5.74, 6) is -0.0629. The number of amides is 1. The number of hydrogen-bond donors (Lipinski definition) is 2. The molecular weight excluding hydrogens is 294 g/mol. The van der Waals surface area contributed by atoms with Gasteiger partial charge in [0.2, 0.25) is 5.91 Å². The van der Waals surface area contributed by atoms with Crippen molar-refractivity contribution < 1.29 is 19.4 Å². The van der Waals surface area contributed by atoms with Crippen molar-refractivity contribution in [3.63, 3.8) is 0 Å². The van der Waals surface area contributed by atoms with E-state index in [0.717, 1.165) is 37.0 Å². The topological polar surface area (TPSA) is 75.6 Å². The van der Waals surface area contributed by atoms with E-state index in [1.807, 2.05) is 6.08 Å². The lowest BCUT2D eigenvalue weighted by molar-refractivity contribution is -0.148. The highest BCUT2D eigenvalue weighted by atomic mass is 16.5. The van der Waals surface area contributed by atoms with Crippen LogP contribution in [0.15, 0.2) is 12.2 Å². The normalized spacial score (nSPS) is 52.1. The lowest BCUT2D eigenvalue weighted by Gasteiger charge is -2.57. The molecule has 0 radical (unpaired) electrons. The largest absolute Gasteiger partial charge is 0.481 e. The fraction of sp³-hybridized carbons (Fsp3) is 0.778. The van der Waals surface area contributed by atoms with Crippen molar-refractivity contribution in [2.75, 3.05) is 0 Å². The zero-order chi connectivity index (χ0) is 15.8. The van der Waals surface area contributed by atoms with Crippen molar-refractivity contribution in [2.45, 2.75) is 56.3 Å². The minimum atomic E-state index is -0.924. The molecule has 6 rings (SSSR count). The molecule has 5 fully saturated rings. The number of carbonyl (C=O) groups excluding carboxylic acids is 1. The number of rotatable bonds is 3. The molecule has 4 aliphatic carbocycles. The second kappa shape index (κ2) is 4.59. The fourth-order valence-electron chi connectivity index (χ4n) is 6.52. The number of carbonyl (C=O) groups is 2. The molecule has 1 amide bonds. The first kappa shape index (κ1) is 14.0. The van der Waals surface area contributed by atoms with Gasteiger partial charge in [-0.2, -0.15) is 0 Å². The number of hydrogen-bond acceptors (Lipinski definition) is 3. The molecule has 124 valence electrons. The molecule has 0 aromatic rings. The monoisotopic (exact) mass is 317 g/mol. The van der Waals surface area contributed by atoms with Gasteiger partial charge >= 0.3 is 5.97 Å². The molecule has 23 heavy (non-hydrogen) atoms. The molecule has 5 nitrogen and oxygen atoms in total. The average Bonchev–Trinajstić information content (AvgIpc) is 3.05. The highest BCUT2D eigenvalue weighted by Crippen LogP contribution is 2.56. The summed E-state index contributed by atoms with van der Waals surface area (Å²) < 4.78 is 5.65. The summed E-state index contributed by atoms with van der Waals surface area (Å²) in [6.45, 7) is 0. The van der Waals surface area contributed by atoms with Gasteiger partial charge in [-0.1, -0.05) is 12.2 Å². The van der Waals surface area contributed by atoms with Crippen LogP contribution in [-0.2, 0) is 14.3 Å². The molecule has 0 unspecified atom stereocenters. The van der Waals surface area contributed by atoms with Crippen LogP contribution in [0.4, 0.5) is 0 Å². The first-order valence-electron chi connectivity index (χ1n) is 8.92. The van der Waals surface area contributed by atoms with Crippen LogP contribution < -0.4 is 5.32 Å². The van der Waals surface area contributed by atoms with Crippen molar-refractivity contribution in [1.82, 2.24) is 5.32 Å². The Kier molecular flexibility index (Phi) is 2.80. The summed E-state index contributed by atoms with van der Waals surface area (Å²) in [6, 6.07) is 0. The molecule has 0 spiro atoms. The Bertz CT molecular complexity index is 563. The van der Waals surface area contributed by atoms with E-state index in [-0.39, 0.29) is 17.6 Å². The van der Waals surface area contributed by atoms with Crippen LogP contribution in [0.25, 0.3) is 0 Å². The molecular formula is C18H23NO4. The van der Waals surface area contributed by atoms with Gasteiger partial charge in [-0.15, -0.1) is 0 Å². The van der Waals surface area contributed by atoms with Gasteiger partial charge in [0.05, 0.1) is 18.1 Å². The third-order valence-electron chi connectivity index (χ3n) is 6.91. The molecule has 2 heterocycles. The highest BCUT2D eigenvalue weighted by Gasteiger charge is 2.56. The van der Waals surface area contributed by atoms with E-state index >= 15 is 0 Å². The molecule has 0 aromatic carbocycles. The van der Waals surface area contributed by atoms with Gasteiger partial charge in [0.25, 0.3) is 0 Å². The Morgan fingerprint density at radius 1 is 0.957 bits per heavy atom. The lowest BCUT2D eigenvalue weighted by atomic mass is 9.53. The number of carboxylic acid groups (broad SMARTS) is 1. The standard InChI is InChI=1S/C18H23NO4/c20-16(14-12-1-2-13(23-12)15(14)17(21)22)19-18-6-9-3-10(7-18)5-11(4-9)8-18/h1-2,9-15H,3-8H2,(H,19,20)(H,21,22)/t9?,10?,11?,12-,13-,14+,15+,18?/m1/s1. The Labute approximate surface area is 135 Å². The molecule has 6 bridgehead atoms. The molecule has 4 atom stereocenters. The predicted molar refractivity (Wildman–Crippen MR) is 81.5 cm³/mol. The van der Waals surface area contributed by atoms with Gasteiger partial charge in [0, 0.05) is 5.54 Å². The van der Waals surface area contributed by atoms with Gasteiger partial charge in [-0.3, -0.25) is 9.59 Å². The molecule has 5 heteroatoms. The van der Waals surface area contributed by atoms with Crippen molar-refractivity contribution >= 4 is 11.9 Å². The zero-order valence-electron chi connectivity index (χ0n) is 13.1. The maximum absolute atomic E-state index is 12.9. The summed E-state index contributed by atoms with van der Waals surface area (Å²) in [7, 11) is 0.